The molecule has 0 spiro atoms. The molecule has 1 aliphatic heterocycles. The van der Waals surface area contributed by atoms with Crippen molar-refractivity contribution in [3.8, 4) is 0 Å². The van der Waals surface area contributed by atoms with E-state index in [-0.39, 0.29) is 22.2 Å². The molecule has 82 valence electrons. The summed E-state index contributed by atoms with van der Waals surface area (Å²) in [5, 5.41) is 11.6. The Hall–Kier alpha value is -1.75. The highest BCUT2D eigenvalue weighted by Crippen LogP contribution is 2.25. The number of thioether (sulfide) groups is 1. The molecule has 1 aromatic carbocycles. The van der Waals surface area contributed by atoms with Gasteiger partial charge >= 0.3 is 0 Å². The van der Waals surface area contributed by atoms with E-state index in [1.54, 1.807) is 24.3 Å². The number of amides is 1. The molecule has 16 heavy (non-hydrogen) atoms. The van der Waals surface area contributed by atoms with Crippen LogP contribution < -0.4 is 5.32 Å². The maximum Gasteiger partial charge on any atom is 0.263 e. The first-order valence-electron chi connectivity index (χ1n) is 4.64. The van der Waals surface area contributed by atoms with Crippen LogP contribution in [-0.2, 0) is 9.59 Å². The van der Waals surface area contributed by atoms with E-state index in [0.29, 0.717) is 5.69 Å². The molecule has 4 nitrogen and oxygen atoms in total. The number of rotatable bonds is 2. The summed E-state index contributed by atoms with van der Waals surface area (Å²) in [7, 11) is 0. The van der Waals surface area contributed by atoms with E-state index >= 15 is 0 Å². The second-order valence-electron chi connectivity index (χ2n) is 3.22. The van der Waals surface area contributed by atoms with Crippen molar-refractivity contribution in [3.63, 3.8) is 0 Å². The quantitative estimate of drug-likeness (QED) is 0.766. The molecule has 0 radical (unpaired) electrons. The number of para-hydroxylation sites is 1. The molecule has 0 saturated heterocycles. The largest absolute Gasteiger partial charge is 0.510 e. The van der Waals surface area contributed by atoms with Crippen LogP contribution in [0.5, 0.6) is 0 Å². The average Bonchev–Trinajstić information content (AvgIpc) is 2.60. The molecule has 0 aromatic heterocycles. The first-order valence-corrected chi connectivity index (χ1v) is 5.62. The summed E-state index contributed by atoms with van der Waals surface area (Å²) < 4.78 is 0. The van der Waals surface area contributed by atoms with Crippen molar-refractivity contribution < 1.29 is 14.7 Å². The molecule has 1 aliphatic rings. The zero-order chi connectivity index (χ0) is 11.5. The van der Waals surface area contributed by atoms with Crippen molar-refractivity contribution in [2.75, 3.05) is 11.1 Å². The van der Waals surface area contributed by atoms with Crippen molar-refractivity contribution in [3.05, 3.63) is 41.7 Å². The molecule has 1 aromatic rings. The Morgan fingerprint density at radius 1 is 1.31 bits per heavy atom. The standard InChI is InChI=1S/C11H9NO3S/c13-8-6-16-11(15)9(8)10(14)12-7-4-2-1-3-5-7/h1-5,13H,6H2,(H,12,14). The highest BCUT2D eigenvalue weighted by Gasteiger charge is 2.29. The van der Waals surface area contributed by atoms with Gasteiger partial charge in [-0.1, -0.05) is 30.0 Å². The summed E-state index contributed by atoms with van der Waals surface area (Å²) in [6, 6.07) is 8.79. The lowest BCUT2D eigenvalue weighted by atomic mass is 10.2. The molecular weight excluding hydrogens is 226 g/mol. The third-order valence-corrected chi connectivity index (χ3v) is 2.98. The van der Waals surface area contributed by atoms with E-state index in [1.807, 2.05) is 6.07 Å². The summed E-state index contributed by atoms with van der Waals surface area (Å²) in [5.41, 5.74) is 0.450. The number of hydrogen-bond donors (Lipinski definition) is 2. The molecule has 0 fully saturated rings. The van der Waals surface area contributed by atoms with E-state index in [0.717, 1.165) is 11.8 Å². The Balaban J connectivity index is 2.16. The second kappa shape index (κ2) is 4.40. The topological polar surface area (TPSA) is 66.4 Å². The van der Waals surface area contributed by atoms with Gasteiger partial charge in [-0.05, 0) is 12.1 Å². The summed E-state index contributed by atoms with van der Waals surface area (Å²) in [6.07, 6.45) is 0. The monoisotopic (exact) mass is 235 g/mol. The summed E-state index contributed by atoms with van der Waals surface area (Å²) in [5.74, 6) is -0.529. The van der Waals surface area contributed by atoms with E-state index < -0.39 is 5.91 Å². The van der Waals surface area contributed by atoms with Crippen LogP contribution in [0.1, 0.15) is 0 Å². The zero-order valence-corrected chi connectivity index (χ0v) is 9.08. The van der Waals surface area contributed by atoms with Crippen LogP contribution in [0.25, 0.3) is 0 Å². The van der Waals surface area contributed by atoms with Crippen LogP contribution in [-0.4, -0.2) is 21.9 Å². The fourth-order valence-corrected chi connectivity index (χ4v) is 2.10. The highest BCUT2D eigenvalue weighted by atomic mass is 32.2. The van der Waals surface area contributed by atoms with Gasteiger partial charge in [-0.25, -0.2) is 0 Å². The summed E-state index contributed by atoms with van der Waals surface area (Å²) in [4.78, 5) is 23.0. The molecule has 0 bridgehead atoms. The number of aliphatic hydroxyl groups excluding tert-OH is 1. The first kappa shape index (κ1) is 10.8. The van der Waals surface area contributed by atoms with Crippen LogP contribution in [0.15, 0.2) is 41.7 Å². The number of benzene rings is 1. The van der Waals surface area contributed by atoms with Gasteiger partial charge in [0.1, 0.15) is 11.3 Å². The Bertz CT molecular complexity index is 467. The van der Waals surface area contributed by atoms with Crippen LogP contribution >= 0.6 is 11.8 Å². The van der Waals surface area contributed by atoms with Crippen molar-refractivity contribution in [1.29, 1.82) is 0 Å². The lowest BCUT2D eigenvalue weighted by molar-refractivity contribution is -0.116. The van der Waals surface area contributed by atoms with Crippen molar-refractivity contribution >= 4 is 28.5 Å². The number of nitrogens with one attached hydrogen (secondary N) is 1. The van der Waals surface area contributed by atoms with E-state index in [9.17, 15) is 14.7 Å². The number of carbonyl (C=O) groups is 2. The van der Waals surface area contributed by atoms with Gasteiger partial charge in [-0.15, -0.1) is 0 Å². The Morgan fingerprint density at radius 3 is 2.56 bits per heavy atom. The summed E-state index contributed by atoms with van der Waals surface area (Å²) >= 11 is 0.929. The van der Waals surface area contributed by atoms with Crippen LogP contribution in [0, 0.1) is 0 Å². The second-order valence-corrected chi connectivity index (χ2v) is 4.17. The molecule has 1 heterocycles. The maximum atomic E-state index is 11.7. The molecule has 1 amide bonds. The Kier molecular flexibility index (Phi) is 2.96. The van der Waals surface area contributed by atoms with Gasteiger partial charge in [-0.3, -0.25) is 9.59 Å². The molecule has 0 saturated carbocycles. The fourth-order valence-electron chi connectivity index (χ4n) is 1.33. The minimum Gasteiger partial charge on any atom is -0.510 e. The van der Waals surface area contributed by atoms with Gasteiger partial charge in [-0.2, -0.15) is 0 Å². The van der Waals surface area contributed by atoms with E-state index in [2.05, 4.69) is 5.32 Å². The Labute approximate surface area is 96.4 Å². The normalized spacial score (nSPS) is 15.4. The zero-order valence-electron chi connectivity index (χ0n) is 8.27. The predicted molar refractivity (Wildman–Crippen MR) is 62.2 cm³/mol. The number of hydrogen-bond acceptors (Lipinski definition) is 4. The van der Waals surface area contributed by atoms with E-state index in [1.165, 1.54) is 0 Å². The molecule has 2 N–H and O–H groups in total. The maximum absolute atomic E-state index is 11.7. The SMILES string of the molecule is O=C(Nc1ccccc1)C1=C(O)CSC1=O. The lowest BCUT2D eigenvalue weighted by Gasteiger charge is -2.04. The fraction of sp³-hybridized carbons (Fsp3) is 0.0909. The number of carbonyl (C=O) groups excluding carboxylic acids is 2. The van der Waals surface area contributed by atoms with Crippen LogP contribution in [0.4, 0.5) is 5.69 Å². The molecule has 0 atom stereocenters. The molecular formula is C11H9NO3S. The van der Waals surface area contributed by atoms with Crippen molar-refractivity contribution in [2.45, 2.75) is 0 Å². The Morgan fingerprint density at radius 2 is 2.00 bits per heavy atom. The molecule has 2 rings (SSSR count). The molecule has 0 aliphatic carbocycles. The van der Waals surface area contributed by atoms with Crippen molar-refractivity contribution in [2.24, 2.45) is 0 Å². The van der Waals surface area contributed by atoms with Crippen molar-refractivity contribution in [1.82, 2.24) is 0 Å². The van der Waals surface area contributed by atoms with Gasteiger partial charge < -0.3 is 10.4 Å². The van der Waals surface area contributed by atoms with Gasteiger partial charge in [0, 0.05) is 5.69 Å². The number of anilines is 1. The number of aliphatic hydroxyl groups is 1. The van der Waals surface area contributed by atoms with Crippen LogP contribution in [0.3, 0.4) is 0 Å². The van der Waals surface area contributed by atoms with Gasteiger partial charge in [0.25, 0.3) is 5.91 Å². The average molecular weight is 235 g/mol. The van der Waals surface area contributed by atoms with Crippen LogP contribution in [0.2, 0.25) is 0 Å². The highest BCUT2D eigenvalue weighted by molar-refractivity contribution is 8.14. The third-order valence-electron chi connectivity index (χ3n) is 2.09. The third kappa shape index (κ3) is 2.09. The van der Waals surface area contributed by atoms with Gasteiger partial charge in [0.05, 0.1) is 5.75 Å². The smallest absolute Gasteiger partial charge is 0.263 e. The molecule has 0 unspecified atom stereocenters. The van der Waals surface area contributed by atoms with E-state index in [4.69, 9.17) is 0 Å². The summed E-state index contributed by atoms with van der Waals surface area (Å²) in [6.45, 7) is 0. The lowest BCUT2D eigenvalue weighted by Crippen LogP contribution is -2.18. The minimum atomic E-state index is -0.557. The van der Waals surface area contributed by atoms with Gasteiger partial charge in [0.2, 0.25) is 5.12 Å². The predicted octanol–water partition coefficient (Wildman–Crippen LogP) is 1.71. The van der Waals surface area contributed by atoms with Gasteiger partial charge in [0.15, 0.2) is 0 Å². The first-order chi connectivity index (χ1) is 7.68. The molecule has 5 heteroatoms. The minimum absolute atomic E-state index is 0.145.